The van der Waals surface area contributed by atoms with E-state index in [0.717, 1.165) is 12.1 Å². The predicted octanol–water partition coefficient (Wildman–Crippen LogP) is 1.86. The SMILES string of the molecule is CC(C)(N)c1c(F)cc(O)cc1F. The second-order valence-corrected chi connectivity index (χ2v) is 3.51. The van der Waals surface area contributed by atoms with Gasteiger partial charge in [-0.25, -0.2) is 8.78 Å². The van der Waals surface area contributed by atoms with Crippen molar-refractivity contribution in [2.24, 2.45) is 5.73 Å². The monoisotopic (exact) mass is 187 g/mol. The average molecular weight is 187 g/mol. The minimum atomic E-state index is -1.10. The Kier molecular flexibility index (Phi) is 2.26. The number of phenols is 1. The first-order chi connectivity index (χ1) is 5.82. The Bertz CT molecular complexity index is 308. The Balaban J connectivity index is 3.38. The van der Waals surface area contributed by atoms with E-state index in [9.17, 15) is 8.78 Å². The lowest BCUT2D eigenvalue weighted by atomic mass is 9.94. The van der Waals surface area contributed by atoms with Crippen molar-refractivity contribution in [2.45, 2.75) is 19.4 Å². The molecule has 1 rings (SSSR count). The van der Waals surface area contributed by atoms with Crippen molar-refractivity contribution in [3.8, 4) is 5.75 Å². The minimum absolute atomic E-state index is 0.217. The van der Waals surface area contributed by atoms with Crippen LogP contribution in [0.3, 0.4) is 0 Å². The largest absolute Gasteiger partial charge is 0.508 e. The number of hydrogen-bond donors (Lipinski definition) is 2. The van der Waals surface area contributed by atoms with Crippen LogP contribution in [0, 0.1) is 11.6 Å². The summed E-state index contributed by atoms with van der Waals surface area (Å²) in [5.41, 5.74) is 4.23. The molecule has 0 heterocycles. The molecule has 0 bridgehead atoms. The molecular formula is C9H11F2NO. The van der Waals surface area contributed by atoms with Crippen LogP contribution < -0.4 is 5.73 Å². The molecular weight excluding hydrogens is 176 g/mol. The molecule has 72 valence electrons. The van der Waals surface area contributed by atoms with Gasteiger partial charge in [0.15, 0.2) is 0 Å². The van der Waals surface area contributed by atoms with Crippen LogP contribution in [0.25, 0.3) is 0 Å². The number of nitrogens with two attached hydrogens (primary N) is 1. The summed E-state index contributed by atoms with van der Waals surface area (Å²) in [6.07, 6.45) is 0. The molecule has 0 aliphatic heterocycles. The maximum atomic E-state index is 13.1. The highest BCUT2D eigenvalue weighted by molar-refractivity contribution is 5.33. The van der Waals surface area contributed by atoms with Crippen molar-refractivity contribution in [3.63, 3.8) is 0 Å². The van der Waals surface area contributed by atoms with Gasteiger partial charge < -0.3 is 10.8 Å². The molecule has 0 aliphatic carbocycles. The molecule has 0 atom stereocenters. The molecule has 0 aliphatic rings. The number of rotatable bonds is 1. The van der Waals surface area contributed by atoms with Crippen LogP contribution in [0.2, 0.25) is 0 Å². The van der Waals surface area contributed by atoms with Gasteiger partial charge in [-0.1, -0.05) is 0 Å². The fraction of sp³-hybridized carbons (Fsp3) is 0.333. The third-order valence-corrected chi connectivity index (χ3v) is 1.67. The Morgan fingerprint density at radius 1 is 1.23 bits per heavy atom. The van der Waals surface area contributed by atoms with E-state index in [1.165, 1.54) is 13.8 Å². The van der Waals surface area contributed by atoms with Crippen LogP contribution in [-0.4, -0.2) is 5.11 Å². The van der Waals surface area contributed by atoms with Crippen molar-refractivity contribution in [2.75, 3.05) is 0 Å². The van der Waals surface area contributed by atoms with Gasteiger partial charge in [-0.05, 0) is 13.8 Å². The van der Waals surface area contributed by atoms with E-state index < -0.39 is 22.9 Å². The van der Waals surface area contributed by atoms with Gasteiger partial charge in [0.1, 0.15) is 17.4 Å². The summed E-state index contributed by atoms with van der Waals surface area (Å²) in [6, 6.07) is 1.68. The molecule has 4 heteroatoms. The van der Waals surface area contributed by atoms with E-state index in [1.54, 1.807) is 0 Å². The topological polar surface area (TPSA) is 46.2 Å². The summed E-state index contributed by atoms with van der Waals surface area (Å²) in [4.78, 5) is 0. The highest BCUT2D eigenvalue weighted by Crippen LogP contribution is 2.26. The standard InChI is InChI=1S/C9H11F2NO/c1-9(2,12)8-6(10)3-5(13)4-7(8)11/h3-4,13H,12H2,1-2H3. The second kappa shape index (κ2) is 2.96. The second-order valence-electron chi connectivity index (χ2n) is 3.51. The Hall–Kier alpha value is -1.16. The Morgan fingerprint density at radius 3 is 1.92 bits per heavy atom. The van der Waals surface area contributed by atoms with Gasteiger partial charge >= 0.3 is 0 Å². The molecule has 0 aromatic heterocycles. The average Bonchev–Trinajstić information content (AvgIpc) is 1.78. The molecule has 0 fully saturated rings. The molecule has 1 aromatic carbocycles. The fourth-order valence-electron chi connectivity index (χ4n) is 1.18. The molecule has 0 radical (unpaired) electrons. The van der Waals surface area contributed by atoms with Crippen LogP contribution in [0.5, 0.6) is 5.75 Å². The summed E-state index contributed by atoms with van der Waals surface area (Å²) in [7, 11) is 0. The van der Waals surface area contributed by atoms with Gasteiger partial charge in [-0.15, -0.1) is 0 Å². The Morgan fingerprint density at radius 2 is 1.62 bits per heavy atom. The van der Waals surface area contributed by atoms with E-state index in [-0.39, 0.29) is 5.56 Å². The van der Waals surface area contributed by atoms with Crippen molar-refractivity contribution in [3.05, 3.63) is 29.3 Å². The molecule has 2 nitrogen and oxygen atoms in total. The van der Waals surface area contributed by atoms with Gasteiger partial charge in [-0.2, -0.15) is 0 Å². The summed E-state index contributed by atoms with van der Waals surface area (Å²) in [5, 5.41) is 8.86. The van der Waals surface area contributed by atoms with Crippen LogP contribution in [0.15, 0.2) is 12.1 Å². The quantitative estimate of drug-likeness (QED) is 0.704. The van der Waals surface area contributed by atoms with Gasteiger partial charge in [0.05, 0.1) is 0 Å². The molecule has 0 saturated heterocycles. The predicted molar refractivity (Wildman–Crippen MR) is 45.2 cm³/mol. The van der Waals surface area contributed by atoms with Gasteiger partial charge in [0.2, 0.25) is 0 Å². The zero-order valence-electron chi connectivity index (χ0n) is 7.44. The molecule has 0 saturated carbocycles. The van der Waals surface area contributed by atoms with Crippen molar-refractivity contribution in [1.29, 1.82) is 0 Å². The first kappa shape index (κ1) is 9.92. The number of halogens is 2. The van der Waals surface area contributed by atoms with Crippen LogP contribution in [0.1, 0.15) is 19.4 Å². The number of aromatic hydroxyl groups is 1. The molecule has 3 N–H and O–H groups in total. The lowest BCUT2D eigenvalue weighted by molar-refractivity contribution is 0.431. The fourth-order valence-corrected chi connectivity index (χ4v) is 1.18. The lowest BCUT2D eigenvalue weighted by Gasteiger charge is -2.20. The highest BCUT2D eigenvalue weighted by Gasteiger charge is 2.23. The summed E-state index contributed by atoms with van der Waals surface area (Å²) in [5.74, 6) is -2.10. The van der Waals surface area contributed by atoms with E-state index >= 15 is 0 Å². The van der Waals surface area contributed by atoms with E-state index in [1.807, 2.05) is 0 Å². The molecule has 0 unspecified atom stereocenters. The van der Waals surface area contributed by atoms with Crippen LogP contribution in [-0.2, 0) is 5.54 Å². The van der Waals surface area contributed by atoms with E-state index in [2.05, 4.69) is 0 Å². The zero-order valence-corrected chi connectivity index (χ0v) is 7.44. The van der Waals surface area contributed by atoms with Crippen LogP contribution in [0.4, 0.5) is 8.78 Å². The Labute approximate surface area is 75.0 Å². The van der Waals surface area contributed by atoms with Gasteiger partial charge in [0.25, 0.3) is 0 Å². The number of benzene rings is 1. The number of hydrogen-bond acceptors (Lipinski definition) is 2. The zero-order chi connectivity index (χ0) is 10.2. The summed E-state index contributed by atoms with van der Waals surface area (Å²) >= 11 is 0. The third kappa shape index (κ3) is 1.95. The minimum Gasteiger partial charge on any atom is -0.508 e. The van der Waals surface area contributed by atoms with Crippen molar-refractivity contribution in [1.82, 2.24) is 0 Å². The van der Waals surface area contributed by atoms with Gasteiger partial charge in [0, 0.05) is 23.2 Å². The third-order valence-electron chi connectivity index (χ3n) is 1.67. The van der Waals surface area contributed by atoms with Gasteiger partial charge in [-0.3, -0.25) is 0 Å². The first-order valence-electron chi connectivity index (χ1n) is 3.79. The summed E-state index contributed by atoms with van der Waals surface area (Å²) in [6.45, 7) is 2.98. The van der Waals surface area contributed by atoms with Crippen molar-refractivity contribution >= 4 is 0 Å². The number of phenolic OH excluding ortho intramolecular Hbond substituents is 1. The van der Waals surface area contributed by atoms with Crippen molar-refractivity contribution < 1.29 is 13.9 Å². The van der Waals surface area contributed by atoms with Crippen LogP contribution >= 0.6 is 0 Å². The molecule has 1 aromatic rings. The maximum absolute atomic E-state index is 13.1. The molecule has 13 heavy (non-hydrogen) atoms. The normalized spacial score (nSPS) is 11.8. The highest BCUT2D eigenvalue weighted by atomic mass is 19.1. The molecule has 0 spiro atoms. The molecule has 0 amide bonds. The van der Waals surface area contributed by atoms with E-state index in [0.29, 0.717) is 0 Å². The summed E-state index contributed by atoms with van der Waals surface area (Å²) < 4.78 is 26.3. The maximum Gasteiger partial charge on any atom is 0.134 e. The lowest BCUT2D eigenvalue weighted by Crippen LogP contribution is -2.31. The smallest absolute Gasteiger partial charge is 0.134 e. The first-order valence-corrected chi connectivity index (χ1v) is 3.79. The van der Waals surface area contributed by atoms with E-state index in [4.69, 9.17) is 10.8 Å².